The number of furan rings is 1. The largest absolute Gasteiger partial charge is 0.472 e. The van der Waals surface area contributed by atoms with Crippen LogP contribution in [0.5, 0.6) is 0 Å². The maximum Gasteiger partial charge on any atom is 0.276 e. The van der Waals surface area contributed by atoms with E-state index in [1.54, 1.807) is 6.07 Å². The summed E-state index contributed by atoms with van der Waals surface area (Å²) in [7, 11) is 0. The summed E-state index contributed by atoms with van der Waals surface area (Å²) in [4.78, 5) is 0. The fourth-order valence-corrected chi connectivity index (χ4v) is 1.73. The Kier molecular flexibility index (Phi) is 3.92. The zero-order valence-electron chi connectivity index (χ0n) is 8.60. The van der Waals surface area contributed by atoms with E-state index in [1.165, 1.54) is 24.3 Å². The monoisotopic (exact) mass is 258 g/mol. The van der Waals surface area contributed by atoms with Gasteiger partial charge in [0.05, 0.1) is 11.8 Å². The van der Waals surface area contributed by atoms with E-state index in [2.05, 4.69) is 10.2 Å². The van der Waals surface area contributed by atoms with Gasteiger partial charge in [-0.1, -0.05) is 11.8 Å². The van der Waals surface area contributed by atoms with E-state index in [0.29, 0.717) is 22.4 Å². The Hall–Kier alpha value is -1.63. The molecule has 0 unspecified atom stereocenters. The zero-order valence-corrected chi connectivity index (χ0v) is 9.42. The van der Waals surface area contributed by atoms with E-state index in [1.807, 2.05) is 0 Å². The van der Waals surface area contributed by atoms with Crippen molar-refractivity contribution < 1.29 is 17.6 Å². The summed E-state index contributed by atoms with van der Waals surface area (Å²) < 4.78 is 33.7. The van der Waals surface area contributed by atoms with Crippen molar-refractivity contribution in [3.05, 3.63) is 30.7 Å². The van der Waals surface area contributed by atoms with Crippen molar-refractivity contribution in [3.8, 4) is 11.5 Å². The van der Waals surface area contributed by atoms with Gasteiger partial charge < -0.3 is 8.83 Å². The Morgan fingerprint density at radius 2 is 2.29 bits per heavy atom. The molecule has 0 aliphatic rings. The zero-order chi connectivity index (χ0) is 12.1. The molecule has 0 bridgehead atoms. The van der Waals surface area contributed by atoms with Crippen molar-refractivity contribution >= 4 is 11.8 Å². The SMILES string of the molecule is FC(F)=CCCSc1nnc(-c2ccoc2)o1. The second kappa shape index (κ2) is 5.62. The molecule has 7 heteroatoms. The first-order valence-electron chi connectivity index (χ1n) is 4.76. The molecule has 0 N–H and O–H groups in total. The predicted octanol–water partition coefficient (Wildman–Crippen LogP) is 3.59. The van der Waals surface area contributed by atoms with Crippen LogP contribution in [0.2, 0.25) is 0 Å². The van der Waals surface area contributed by atoms with Gasteiger partial charge in [0.25, 0.3) is 17.2 Å². The Labute approximate surface area is 99.7 Å². The summed E-state index contributed by atoms with van der Waals surface area (Å²) >= 11 is 1.23. The molecule has 0 amide bonds. The van der Waals surface area contributed by atoms with Crippen molar-refractivity contribution in [1.29, 1.82) is 0 Å². The van der Waals surface area contributed by atoms with E-state index < -0.39 is 6.08 Å². The molecule has 2 rings (SSSR count). The van der Waals surface area contributed by atoms with Crippen LogP contribution in [-0.2, 0) is 0 Å². The van der Waals surface area contributed by atoms with Crippen LogP contribution in [0.4, 0.5) is 8.78 Å². The predicted molar refractivity (Wildman–Crippen MR) is 57.6 cm³/mol. The molecule has 2 aromatic rings. The molecular weight excluding hydrogens is 250 g/mol. The van der Waals surface area contributed by atoms with Crippen LogP contribution >= 0.6 is 11.8 Å². The third-order valence-corrected chi connectivity index (χ3v) is 2.67. The molecule has 0 aromatic carbocycles. The quantitative estimate of drug-likeness (QED) is 0.606. The van der Waals surface area contributed by atoms with Gasteiger partial charge in [0.2, 0.25) is 0 Å². The van der Waals surface area contributed by atoms with Crippen LogP contribution in [0.25, 0.3) is 11.5 Å². The second-order valence-corrected chi connectivity index (χ2v) is 4.06. The minimum atomic E-state index is -1.67. The average molecular weight is 258 g/mol. The molecule has 90 valence electrons. The minimum Gasteiger partial charge on any atom is -0.472 e. The van der Waals surface area contributed by atoms with Gasteiger partial charge in [0, 0.05) is 5.75 Å². The van der Waals surface area contributed by atoms with Gasteiger partial charge in [-0.15, -0.1) is 10.2 Å². The summed E-state index contributed by atoms with van der Waals surface area (Å²) in [6.07, 6.45) is 2.44. The summed E-state index contributed by atoms with van der Waals surface area (Å²) in [5, 5.41) is 7.95. The standard InChI is InChI=1S/C10H8F2N2O2S/c11-8(12)2-1-5-17-10-14-13-9(16-10)7-3-4-15-6-7/h2-4,6H,1,5H2. The van der Waals surface area contributed by atoms with Crippen molar-refractivity contribution in [1.82, 2.24) is 10.2 Å². The fraction of sp³-hybridized carbons (Fsp3) is 0.200. The van der Waals surface area contributed by atoms with Crippen LogP contribution in [0.3, 0.4) is 0 Å². The third-order valence-electron chi connectivity index (χ3n) is 1.82. The second-order valence-electron chi connectivity index (χ2n) is 3.02. The normalized spacial score (nSPS) is 10.5. The van der Waals surface area contributed by atoms with E-state index >= 15 is 0 Å². The van der Waals surface area contributed by atoms with E-state index in [0.717, 1.165) is 6.08 Å². The first-order chi connectivity index (χ1) is 8.25. The number of halogens is 2. The molecular formula is C10H8F2N2O2S. The molecule has 0 aliphatic carbocycles. The Morgan fingerprint density at radius 3 is 3.00 bits per heavy atom. The van der Waals surface area contributed by atoms with Crippen LogP contribution < -0.4 is 0 Å². The van der Waals surface area contributed by atoms with Crippen LogP contribution in [-0.4, -0.2) is 16.0 Å². The molecule has 0 saturated heterocycles. The molecule has 0 fully saturated rings. The van der Waals surface area contributed by atoms with Gasteiger partial charge in [0.15, 0.2) is 0 Å². The van der Waals surface area contributed by atoms with E-state index in [-0.39, 0.29) is 6.42 Å². The highest BCUT2D eigenvalue weighted by molar-refractivity contribution is 7.99. The van der Waals surface area contributed by atoms with Crippen molar-refractivity contribution in [2.24, 2.45) is 0 Å². The molecule has 2 heterocycles. The summed E-state index contributed by atoms with van der Waals surface area (Å²) in [5.74, 6) is 0.818. The minimum absolute atomic E-state index is 0.260. The third kappa shape index (κ3) is 3.42. The van der Waals surface area contributed by atoms with Crippen molar-refractivity contribution in [2.75, 3.05) is 5.75 Å². The Balaban J connectivity index is 1.89. The van der Waals surface area contributed by atoms with Gasteiger partial charge in [-0.25, -0.2) is 0 Å². The lowest BCUT2D eigenvalue weighted by molar-refractivity contribution is 0.418. The molecule has 0 radical (unpaired) electrons. The van der Waals surface area contributed by atoms with Crippen molar-refractivity contribution in [3.63, 3.8) is 0 Å². The number of rotatable bonds is 5. The molecule has 0 spiro atoms. The van der Waals surface area contributed by atoms with Gasteiger partial charge >= 0.3 is 0 Å². The smallest absolute Gasteiger partial charge is 0.276 e. The molecule has 0 saturated carbocycles. The average Bonchev–Trinajstić information content (AvgIpc) is 2.94. The van der Waals surface area contributed by atoms with Gasteiger partial charge in [0.1, 0.15) is 6.26 Å². The number of hydrogen-bond donors (Lipinski definition) is 0. The molecule has 17 heavy (non-hydrogen) atoms. The number of thioether (sulfide) groups is 1. The first-order valence-corrected chi connectivity index (χ1v) is 5.74. The Morgan fingerprint density at radius 1 is 1.41 bits per heavy atom. The number of aromatic nitrogens is 2. The fourth-order valence-electron chi connectivity index (χ4n) is 1.09. The molecule has 2 aromatic heterocycles. The van der Waals surface area contributed by atoms with Crippen LogP contribution in [0, 0.1) is 0 Å². The molecule has 4 nitrogen and oxygen atoms in total. The lowest BCUT2D eigenvalue weighted by Crippen LogP contribution is -1.77. The topological polar surface area (TPSA) is 52.1 Å². The van der Waals surface area contributed by atoms with Crippen LogP contribution in [0.15, 0.2) is 44.8 Å². The number of nitrogens with zero attached hydrogens (tertiary/aromatic N) is 2. The lowest BCUT2D eigenvalue weighted by Gasteiger charge is -1.90. The van der Waals surface area contributed by atoms with Gasteiger partial charge in [-0.05, 0) is 18.6 Å². The highest BCUT2D eigenvalue weighted by Gasteiger charge is 2.09. The van der Waals surface area contributed by atoms with Gasteiger partial charge in [-0.2, -0.15) is 8.78 Å². The lowest BCUT2D eigenvalue weighted by atomic mass is 10.3. The Bertz CT molecular complexity index is 492. The summed E-state index contributed by atoms with van der Waals surface area (Å²) in [5.41, 5.74) is 0.694. The van der Waals surface area contributed by atoms with Crippen LogP contribution in [0.1, 0.15) is 6.42 Å². The van der Waals surface area contributed by atoms with E-state index in [9.17, 15) is 8.78 Å². The first kappa shape index (κ1) is 11.8. The van der Waals surface area contributed by atoms with Crippen molar-refractivity contribution in [2.45, 2.75) is 11.6 Å². The summed E-state index contributed by atoms with van der Waals surface area (Å²) in [6, 6.07) is 1.70. The molecule has 0 atom stereocenters. The molecule has 0 aliphatic heterocycles. The maximum absolute atomic E-state index is 11.7. The maximum atomic E-state index is 11.7. The van der Waals surface area contributed by atoms with E-state index in [4.69, 9.17) is 8.83 Å². The highest BCUT2D eigenvalue weighted by Crippen LogP contribution is 2.23. The number of hydrogen-bond acceptors (Lipinski definition) is 5. The highest BCUT2D eigenvalue weighted by atomic mass is 32.2. The number of allylic oxidation sites excluding steroid dienone is 1. The summed E-state index contributed by atoms with van der Waals surface area (Å²) in [6.45, 7) is 0. The van der Waals surface area contributed by atoms with Gasteiger partial charge in [-0.3, -0.25) is 0 Å².